The van der Waals surface area contributed by atoms with Crippen molar-refractivity contribution in [3.63, 3.8) is 0 Å². The summed E-state index contributed by atoms with van der Waals surface area (Å²) in [6.07, 6.45) is 0. The fourth-order valence-electron chi connectivity index (χ4n) is 1.49. The first-order valence-electron chi connectivity index (χ1n) is 5.34. The van der Waals surface area contributed by atoms with E-state index in [4.69, 9.17) is 17.3 Å². The lowest BCUT2D eigenvalue weighted by Crippen LogP contribution is -2.16. The van der Waals surface area contributed by atoms with Crippen molar-refractivity contribution in [3.05, 3.63) is 46.5 Å². The Bertz CT molecular complexity index is 627. The predicted molar refractivity (Wildman–Crippen MR) is 70.5 cm³/mol. The molecule has 0 atom stereocenters. The molecular weight excluding hydrogens is 271 g/mol. The molecule has 1 aromatic carbocycles. The van der Waals surface area contributed by atoms with E-state index < -0.39 is 11.7 Å². The van der Waals surface area contributed by atoms with Crippen molar-refractivity contribution < 1.29 is 9.18 Å². The van der Waals surface area contributed by atoms with E-state index in [-0.39, 0.29) is 22.4 Å². The Morgan fingerprint density at radius 1 is 1.42 bits per heavy atom. The van der Waals surface area contributed by atoms with Crippen LogP contribution >= 0.6 is 11.6 Å². The third-order valence-corrected chi connectivity index (χ3v) is 2.54. The topological polar surface area (TPSA) is 80.9 Å². The third kappa shape index (κ3) is 2.97. The number of hydrogen-bond donors (Lipinski definition) is 2. The van der Waals surface area contributed by atoms with E-state index in [1.54, 1.807) is 13.0 Å². The molecule has 0 aliphatic carbocycles. The summed E-state index contributed by atoms with van der Waals surface area (Å²) in [7, 11) is 0. The van der Waals surface area contributed by atoms with Crippen molar-refractivity contribution in [2.24, 2.45) is 0 Å². The quantitative estimate of drug-likeness (QED) is 0.654. The monoisotopic (exact) mass is 280 g/mol. The van der Waals surface area contributed by atoms with Gasteiger partial charge in [0.15, 0.2) is 0 Å². The van der Waals surface area contributed by atoms with Gasteiger partial charge < -0.3 is 5.73 Å². The SMILES string of the molecule is Cc1cc(Cl)nc(NC(=O)c2cccc(F)c2N)n1. The van der Waals surface area contributed by atoms with Crippen LogP contribution in [0.3, 0.4) is 0 Å². The highest BCUT2D eigenvalue weighted by atomic mass is 35.5. The number of benzene rings is 1. The van der Waals surface area contributed by atoms with Gasteiger partial charge in [-0.05, 0) is 25.1 Å². The van der Waals surface area contributed by atoms with Crippen molar-refractivity contribution >= 4 is 29.1 Å². The maximum absolute atomic E-state index is 13.2. The molecule has 0 bridgehead atoms. The summed E-state index contributed by atoms with van der Waals surface area (Å²) in [5.74, 6) is -1.21. The van der Waals surface area contributed by atoms with Gasteiger partial charge in [-0.25, -0.2) is 14.4 Å². The van der Waals surface area contributed by atoms with Crippen molar-refractivity contribution in [3.8, 4) is 0 Å². The smallest absolute Gasteiger partial charge is 0.260 e. The first-order valence-corrected chi connectivity index (χ1v) is 5.71. The molecule has 1 heterocycles. The zero-order valence-corrected chi connectivity index (χ0v) is 10.7. The molecule has 0 saturated heterocycles. The average molecular weight is 281 g/mol. The second-order valence-corrected chi connectivity index (χ2v) is 4.20. The molecule has 19 heavy (non-hydrogen) atoms. The van der Waals surface area contributed by atoms with Crippen LogP contribution in [-0.4, -0.2) is 15.9 Å². The van der Waals surface area contributed by atoms with Gasteiger partial charge in [-0.2, -0.15) is 0 Å². The second-order valence-electron chi connectivity index (χ2n) is 3.81. The van der Waals surface area contributed by atoms with Gasteiger partial charge in [-0.15, -0.1) is 0 Å². The summed E-state index contributed by atoms with van der Waals surface area (Å²) in [6, 6.07) is 5.52. The highest BCUT2D eigenvalue weighted by Gasteiger charge is 2.14. The Balaban J connectivity index is 2.28. The molecule has 98 valence electrons. The van der Waals surface area contributed by atoms with Gasteiger partial charge in [0, 0.05) is 5.69 Å². The zero-order valence-electron chi connectivity index (χ0n) is 9.95. The molecule has 0 fully saturated rings. The van der Waals surface area contributed by atoms with Crippen molar-refractivity contribution in [2.75, 3.05) is 11.1 Å². The Morgan fingerprint density at radius 3 is 2.84 bits per heavy atom. The standard InChI is InChI=1S/C12H10ClFN4O/c1-6-5-9(13)17-12(16-6)18-11(19)7-3-2-4-8(14)10(7)15/h2-5H,15H2,1H3,(H,16,17,18,19). The molecule has 0 aliphatic rings. The normalized spacial score (nSPS) is 10.3. The van der Waals surface area contributed by atoms with Crippen molar-refractivity contribution in [2.45, 2.75) is 6.92 Å². The molecule has 2 aromatic rings. The first kappa shape index (κ1) is 13.2. The lowest BCUT2D eigenvalue weighted by molar-refractivity contribution is 0.102. The number of hydrogen-bond acceptors (Lipinski definition) is 4. The number of nitrogens with zero attached hydrogens (tertiary/aromatic N) is 2. The lowest BCUT2D eigenvalue weighted by Gasteiger charge is -2.07. The number of nitrogens with two attached hydrogens (primary N) is 1. The van der Waals surface area contributed by atoms with Crippen LogP contribution in [0.2, 0.25) is 5.15 Å². The van der Waals surface area contributed by atoms with Gasteiger partial charge >= 0.3 is 0 Å². The van der Waals surface area contributed by atoms with Crippen LogP contribution in [0.1, 0.15) is 16.1 Å². The summed E-state index contributed by atoms with van der Waals surface area (Å²) in [4.78, 5) is 19.8. The van der Waals surface area contributed by atoms with E-state index in [0.29, 0.717) is 5.69 Å². The van der Waals surface area contributed by atoms with Gasteiger partial charge in [0.2, 0.25) is 5.95 Å². The van der Waals surface area contributed by atoms with E-state index in [0.717, 1.165) is 0 Å². The van der Waals surface area contributed by atoms with E-state index in [1.807, 2.05) is 0 Å². The molecule has 5 nitrogen and oxygen atoms in total. The summed E-state index contributed by atoms with van der Waals surface area (Å²) < 4.78 is 13.2. The number of rotatable bonds is 2. The molecule has 0 unspecified atom stereocenters. The molecular formula is C12H10ClFN4O. The number of carbonyl (C=O) groups excluding carboxylic acids is 1. The largest absolute Gasteiger partial charge is 0.396 e. The van der Waals surface area contributed by atoms with Crippen LogP contribution in [-0.2, 0) is 0 Å². The van der Waals surface area contributed by atoms with Gasteiger partial charge in [0.25, 0.3) is 5.91 Å². The highest BCUT2D eigenvalue weighted by Crippen LogP contribution is 2.17. The molecule has 3 N–H and O–H groups in total. The molecule has 2 rings (SSSR count). The summed E-state index contributed by atoms with van der Waals surface area (Å²) >= 11 is 5.75. The number of aryl methyl sites for hydroxylation is 1. The molecule has 0 spiro atoms. The van der Waals surface area contributed by atoms with Crippen LogP contribution in [0, 0.1) is 12.7 Å². The fraction of sp³-hybridized carbons (Fsp3) is 0.0833. The lowest BCUT2D eigenvalue weighted by atomic mass is 10.1. The van der Waals surface area contributed by atoms with Gasteiger partial charge in [0.05, 0.1) is 11.3 Å². The third-order valence-electron chi connectivity index (χ3n) is 2.35. The number of halogens is 2. The van der Waals surface area contributed by atoms with Crippen molar-refractivity contribution in [1.82, 2.24) is 9.97 Å². The second kappa shape index (κ2) is 5.19. The number of aromatic nitrogens is 2. The zero-order chi connectivity index (χ0) is 14.0. The van der Waals surface area contributed by atoms with Gasteiger partial charge in [0.1, 0.15) is 11.0 Å². The van der Waals surface area contributed by atoms with E-state index in [2.05, 4.69) is 15.3 Å². The minimum absolute atomic E-state index is 0.0150. The van der Waals surface area contributed by atoms with E-state index in [9.17, 15) is 9.18 Å². The summed E-state index contributed by atoms with van der Waals surface area (Å²) in [5.41, 5.74) is 5.89. The number of nitrogens with one attached hydrogen (secondary N) is 1. The summed E-state index contributed by atoms with van der Waals surface area (Å²) in [5, 5.41) is 2.62. The van der Waals surface area contributed by atoms with Crippen LogP contribution in [0.15, 0.2) is 24.3 Å². The molecule has 0 radical (unpaired) electrons. The van der Waals surface area contributed by atoms with Crippen LogP contribution in [0.5, 0.6) is 0 Å². The molecule has 1 amide bonds. The number of amides is 1. The summed E-state index contributed by atoms with van der Waals surface area (Å²) in [6.45, 7) is 1.71. The number of carbonyl (C=O) groups is 1. The molecule has 0 aliphatic heterocycles. The van der Waals surface area contributed by atoms with Crippen LogP contribution in [0.4, 0.5) is 16.0 Å². The predicted octanol–water partition coefficient (Wildman–Crippen LogP) is 2.41. The van der Waals surface area contributed by atoms with E-state index >= 15 is 0 Å². The average Bonchev–Trinajstić information content (AvgIpc) is 2.31. The van der Waals surface area contributed by atoms with E-state index in [1.165, 1.54) is 18.2 Å². The minimum Gasteiger partial charge on any atom is -0.396 e. The van der Waals surface area contributed by atoms with Gasteiger partial charge in [-0.3, -0.25) is 10.1 Å². The first-order chi connectivity index (χ1) is 8.97. The Hall–Kier alpha value is -2.21. The molecule has 1 aromatic heterocycles. The number of nitrogen functional groups attached to an aromatic ring is 1. The number of anilines is 2. The maximum atomic E-state index is 13.2. The highest BCUT2D eigenvalue weighted by molar-refractivity contribution is 6.29. The fourth-order valence-corrected chi connectivity index (χ4v) is 1.73. The van der Waals surface area contributed by atoms with Crippen molar-refractivity contribution in [1.29, 1.82) is 0 Å². The maximum Gasteiger partial charge on any atom is 0.260 e. The molecule has 0 saturated carbocycles. The van der Waals surface area contributed by atoms with Crippen LogP contribution in [0.25, 0.3) is 0 Å². The Kier molecular flexibility index (Phi) is 3.62. The Labute approximate surface area is 113 Å². The van der Waals surface area contributed by atoms with Gasteiger partial charge in [-0.1, -0.05) is 17.7 Å². The molecule has 7 heteroatoms. The number of para-hydroxylation sites is 1. The minimum atomic E-state index is -0.657. The Morgan fingerprint density at radius 2 is 2.16 bits per heavy atom. The van der Waals surface area contributed by atoms with Crippen LogP contribution < -0.4 is 11.1 Å².